The summed E-state index contributed by atoms with van der Waals surface area (Å²) in [4.78, 5) is 0. The van der Waals surface area contributed by atoms with E-state index in [1.807, 2.05) is 12.1 Å². The van der Waals surface area contributed by atoms with E-state index in [-0.39, 0.29) is 5.38 Å². The van der Waals surface area contributed by atoms with Crippen molar-refractivity contribution in [2.45, 2.75) is 25.6 Å². The zero-order valence-corrected chi connectivity index (χ0v) is 15.3. The van der Waals surface area contributed by atoms with Gasteiger partial charge in [0.15, 0.2) is 0 Å². The molecule has 0 bridgehead atoms. The van der Waals surface area contributed by atoms with E-state index in [0.29, 0.717) is 5.02 Å². The van der Waals surface area contributed by atoms with Gasteiger partial charge >= 0.3 is 0 Å². The van der Waals surface area contributed by atoms with Crippen LogP contribution in [0.3, 0.4) is 0 Å². The second-order valence-electron chi connectivity index (χ2n) is 5.10. The van der Waals surface area contributed by atoms with E-state index < -0.39 is 0 Å². The van der Waals surface area contributed by atoms with Crippen LogP contribution in [-0.2, 0) is 6.42 Å². The van der Waals surface area contributed by atoms with Gasteiger partial charge < -0.3 is 4.74 Å². The smallest absolute Gasteiger partial charge is 0.137 e. The molecule has 0 radical (unpaired) electrons. The van der Waals surface area contributed by atoms with Gasteiger partial charge in [-0.05, 0) is 65.0 Å². The molecule has 0 N–H and O–H groups in total. The van der Waals surface area contributed by atoms with Gasteiger partial charge in [-0.25, -0.2) is 0 Å². The summed E-state index contributed by atoms with van der Waals surface area (Å²) in [6.07, 6.45) is 0.728. The Kier molecular flexibility index (Phi) is 5.59. The molecule has 2 rings (SSSR count). The molecule has 0 fully saturated rings. The fourth-order valence-corrected chi connectivity index (χ4v) is 3.61. The second-order valence-corrected chi connectivity index (χ2v) is 6.92. The first-order valence-electron chi connectivity index (χ1n) is 6.65. The lowest BCUT2D eigenvalue weighted by atomic mass is 9.99. The molecule has 4 heteroatoms. The Morgan fingerprint density at radius 3 is 2.48 bits per heavy atom. The van der Waals surface area contributed by atoms with Crippen molar-refractivity contribution in [3.05, 3.63) is 62.1 Å². The molecule has 0 saturated heterocycles. The Morgan fingerprint density at radius 2 is 1.86 bits per heavy atom. The first-order valence-corrected chi connectivity index (χ1v) is 8.26. The minimum atomic E-state index is -0.197. The van der Waals surface area contributed by atoms with Gasteiger partial charge in [0.1, 0.15) is 5.75 Å². The Morgan fingerprint density at radius 1 is 1.14 bits per heavy atom. The molecule has 112 valence electrons. The third-order valence-electron chi connectivity index (χ3n) is 3.56. The van der Waals surface area contributed by atoms with Crippen molar-refractivity contribution in [3.8, 4) is 5.75 Å². The Balaban J connectivity index is 2.31. The van der Waals surface area contributed by atoms with Crippen molar-refractivity contribution in [3.63, 3.8) is 0 Å². The number of hydrogen-bond donors (Lipinski definition) is 0. The lowest BCUT2D eigenvalue weighted by Gasteiger charge is -2.16. The van der Waals surface area contributed by atoms with Crippen LogP contribution in [0.15, 0.2) is 34.8 Å². The minimum absolute atomic E-state index is 0.197. The number of aryl methyl sites for hydroxylation is 2. The van der Waals surface area contributed by atoms with Gasteiger partial charge in [-0.1, -0.05) is 29.8 Å². The van der Waals surface area contributed by atoms with Gasteiger partial charge in [0.2, 0.25) is 0 Å². The fraction of sp³-hybridized carbons (Fsp3) is 0.294. The SMILES string of the molecule is COc1c(Br)cc(Cl)cc1C(Cl)Cc1ccc(C)c(C)c1. The summed E-state index contributed by atoms with van der Waals surface area (Å²) in [6.45, 7) is 4.22. The van der Waals surface area contributed by atoms with Crippen LogP contribution in [0.5, 0.6) is 5.75 Å². The van der Waals surface area contributed by atoms with E-state index in [1.54, 1.807) is 7.11 Å². The molecule has 1 unspecified atom stereocenters. The summed E-state index contributed by atoms with van der Waals surface area (Å²) in [7, 11) is 1.64. The molecular formula is C17H17BrCl2O. The van der Waals surface area contributed by atoms with Crippen molar-refractivity contribution in [1.29, 1.82) is 0 Å². The summed E-state index contributed by atoms with van der Waals surface area (Å²) in [6, 6.07) is 10.1. The summed E-state index contributed by atoms with van der Waals surface area (Å²) in [5, 5.41) is 0.445. The highest BCUT2D eigenvalue weighted by atomic mass is 79.9. The number of methoxy groups -OCH3 is 1. The van der Waals surface area contributed by atoms with Crippen molar-refractivity contribution in [1.82, 2.24) is 0 Å². The summed E-state index contributed by atoms with van der Waals surface area (Å²) < 4.78 is 6.26. The molecule has 0 aromatic heterocycles. The molecule has 0 spiro atoms. The average Bonchev–Trinajstić information content (AvgIpc) is 2.42. The molecule has 0 saturated carbocycles. The molecule has 2 aromatic rings. The van der Waals surface area contributed by atoms with Crippen LogP contribution in [0.2, 0.25) is 5.02 Å². The van der Waals surface area contributed by atoms with Gasteiger partial charge in [-0.3, -0.25) is 0 Å². The summed E-state index contributed by atoms with van der Waals surface area (Å²) in [5.74, 6) is 0.739. The van der Waals surface area contributed by atoms with E-state index in [4.69, 9.17) is 27.9 Å². The van der Waals surface area contributed by atoms with E-state index in [1.165, 1.54) is 16.7 Å². The highest BCUT2D eigenvalue weighted by Gasteiger charge is 2.18. The first-order chi connectivity index (χ1) is 9.92. The Labute approximate surface area is 144 Å². The van der Waals surface area contributed by atoms with Gasteiger partial charge in [0.25, 0.3) is 0 Å². The standard InChI is InChI=1S/C17H17BrCl2O/c1-10-4-5-12(6-11(10)2)7-16(20)14-8-13(19)9-15(18)17(14)21-3/h4-6,8-9,16H,7H2,1-3H3. The van der Waals surface area contributed by atoms with Crippen molar-refractivity contribution in [2.24, 2.45) is 0 Å². The fourth-order valence-electron chi connectivity index (χ4n) is 2.28. The zero-order chi connectivity index (χ0) is 15.6. The van der Waals surface area contributed by atoms with Crippen LogP contribution >= 0.6 is 39.1 Å². The molecule has 2 aromatic carbocycles. The van der Waals surface area contributed by atoms with Crippen LogP contribution in [0, 0.1) is 13.8 Å². The molecule has 1 atom stereocenters. The van der Waals surface area contributed by atoms with E-state index in [2.05, 4.69) is 48.0 Å². The monoisotopic (exact) mass is 386 g/mol. The van der Waals surface area contributed by atoms with Crippen LogP contribution < -0.4 is 4.74 Å². The number of alkyl halides is 1. The van der Waals surface area contributed by atoms with Crippen molar-refractivity contribution in [2.75, 3.05) is 7.11 Å². The third-order valence-corrected chi connectivity index (χ3v) is 4.76. The van der Waals surface area contributed by atoms with Crippen LogP contribution in [-0.4, -0.2) is 7.11 Å². The van der Waals surface area contributed by atoms with Gasteiger partial charge in [-0.15, -0.1) is 11.6 Å². The average molecular weight is 388 g/mol. The maximum Gasteiger partial charge on any atom is 0.137 e. The lowest BCUT2D eigenvalue weighted by molar-refractivity contribution is 0.406. The molecule has 21 heavy (non-hydrogen) atoms. The minimum Gasteiger partial charge on any atom is -0.495 e. The highest BCUT2D eigenvalue weighted by molar-refractivity contribution is 9.10. The predicted molar refractivity (Wildman–Crippen MR) is 93.9 cm³/mol. The third kappa shape index (κ3) is 3.94. The van der Waals surface area contributed by atoms with Gasteiger partial charge in [0.05, 0.1) is 17.0 Å². The second kappa shape index (κ2) is 7.04. The zero-order valence-electron chi connectivity index (χ0n) is 12.2. The maximum atomic E-state index is 6.60. The molecular weight excluding hydrogens is 371 g/mol. The lowest BCUT2D eigenvalue weighted by Crippen LogP contribution is -2.01. The van der Waals surface area contributed by atoms with Gasteiger partial charge in [0, 0.05) is 10.6 Å². The quantitative estimate of drug-likeness (QED) is 0.563. The number of hydrogen-bond acceptors (Lipinski definition) is 1. The van der Waals surface area contributed by atoms with Crippen LogP contribution in [0.25, 0.3) is 0 Å². The van der Waals surface area contributed by atoms with Crippen molar-refractivity contribution < 1.29 is 4.74 Å². The highest BCUT2D eigenvalue weighted by Crippen LogP contribution is 2.39. The molecule has 0 amide bonds. The number of halogens is 3. The molecule has 0 heterocycles. The molecule has 0 aliphatic heterocycles. The Bertz CT molecular complexity index is 655. The first kappa shape index (κ1) is 16.7. The Hall–Kier alpha value is -0.700. The maximum absolute atomic E-state index is 6.60. The van der Waals surface area contributed by atoms with Crippen LogP contribution in [0.1, 0.15) is 27.6 Å². The molecule has 1 nitrogen and oxygen atoms in total. The largest absolute Gasteiger partial charge is 0.495 e. The van der Waals surface area contributed by atoms with E-state index >= 15 is 0 Å². The van der Waals surface area contributed by atoms with Crippen molar-refractivity contribution >= 4 is 39.1 Å². The number of benzene rings is 2. The number of ether oxygens (including phenoxy) is 1. The summed E-state index contributed by atoms with van der Waals surface area (Å²) in [5.41, 5.74) is 4.66. The number of rotatable bonds is 4. The molecule has 0 aliphatic rings. The topological polar surface area (TPSA) is 9.23 Å². The summed E-state index contributed by atoms with van der Waals surface area (Å²) >= 11 is 16.2. The van der Waals surface area contributed by atoms with E-state index in [0.717, 1.165) is 22.2 Å². The van der Waals surface area contributed by atoms with E-state index in [9.17, 15) is 0 Å². The normalized spacial score (nSPS) is 12.3. The predicted octanol–water partition coefficient (Wildman–Crippen LogP) is 6.25. The molecule has 0 aliphatic carbocycles. The van der Waals surface area contributed by atoms with Gasteiger partial charge in [-0.2, -0.15) is 0 Å². The van der Waals surface area contributed by atoms with Crippen LogP contribution in [0.4, 0.5) is 0 Å².